The fourth-order valence-electron chi connectivity index (χ4n) is 4.59. The molecule has 0 atom stereocenters. The minimum Gasteiger partial charge on any atom is -0.456 e. The van der Waals surface area contributed by atoms with Crippen LogP contribution in [-0.2, 0) is 11.8 Å². The molecule has 0 saturated carbocycles. The Bertz CT molecular complexity index is 1780. The van der Waals surface area contributed by atoms with E-state index in [9.17, 15) is 4.79 Å². The number of likely N-dealkylation sites (N-methyl/N-ethyl adjacent to an activating group) is 1. The Kier molecular flexibility index (Phi) is 6.79. The van der Waals surface area contributed by atoms with Crippen LogP contribution >= 0.6 is 11.6 Å². The van der Waals surface area contributed by atoms with Crippen LogP contribution in [0.2, 0.25) is 5.02 Å². The van der Waals surface area contributed by atoms with Crippen molar-refractivity contribution in [2.45, 2.75) is 6.42 Å². The number of imidazole rings is 1. The number of nitrogens with zero attached hydrogens (tertiary/aromatic N) is 7. The van der Waals surface area contributed by atoms with Crippen LogP contribution in [0.1, 0.15) is 6.42 Å². The van der Waals surface area contributed by atoms with Crippen LogP contribution in [-0.4, -0.2) is 62.5 Å². The number of nitrogens with one attached hydrogen (secondary N) is 1. The molecular formula is C29H27ClN8O2. The Labute approximate surface area is 235 Å². The van der Waals surface area contributed by atoms with E-state index in [2.05, 4.69) is 20.3 Å². The van der Waals surface area contributed by atoms with Crippen LogP contribution in [0.3, 0.4) is 0 Å². The maximum atomic E-state index is 13.0. The number of pyridine rings is 1. The van der Waals surface area contributed by atoms with Crippen molar-refractivity contribution in [2.24, 2.45) is 7.05 Å². The van der Waals surface area contributed by atoms with Gasteiger partial charge in [-0.15, -0.1) is 0 Å². The maximum Gasteiger partial charge on any atom is 0.255 e. The third-order valence-corrected chi connectivity index (χ3v) is 6.99. The predicted octanol–water partition coefficient (Wildman–Crippen LogP) is 5.33. The number of halogens is 1. The van der Waals surface area contributed by atoms with E-state index in [-0.39, 0.29) is 5.91 Å². The fourth-order valence-corrected chi connectivity index (χ4v) is 4.81. The first-order valence-electron chi connectivity index (χ1n) is 12.8. The lowest BCUT2D eigenvalue weighted by atomic mass is 10.2. The lowest BCUT2D eigenvalue weighted by Gasteiger charge is -2.16. The molecule has 0 aliphatic carbocycles. The first kappa shape index (κ1) is 25.7. The largest absolute Gasteiger partial charge is 0.456 e. The molecule has 0 unspecified atom stereocenters. The van der Waals surface area contributed by atoms with E-state index in [1.54, 1.807) is 23.4 Å². The number of aryl methyl sites for hydroxylation is 1. The molecule has 4 heterocycles. The summed E-state index contributed by atoms with van der Waals surface area (Å²) in [5.74, 6) is 2.21. The fraction of sp³-hybridized carbons (Fsp3) is 0.207. The van der Waals surface area contributed by atoms with Crippen LogP contribution < -0.4 is 15.0 Å². The average molecular weight is 555 g/mol. The number of benzene rings is 2. The summed E-state index contributed by atoms with van der Waals surface area (Å²) in [6.07, 6.45) is 5.90. The van der Waals surface area contributed by atoms with Crippen molar-refractivity contribution in [3.05, 3.63) is 77.9 Å². The number of hydrogen-bond acceptors (Lipinski definition) is 8. The van der Waals surface area contributed by atoms with Gasteiger partial charge in [-0.25, -0.2) is 19.9 Å². The lowest BCUT2D eigenvalue weighted by Crippen LogP contribution is -2.25. The van der Waals surface area contributed by atoms with Gasteiger partial charge in [0.05, 0.1) is 27.9 Å². The number of aromatic nitrogens is 5. The van der Waals surface area contributed by atoms with Crippen LogP contribution in [0.4, 0.5) is 17.3 Å². The van der Waals surface area contributed by atoms with Crippen molar-refractivity contribution < 1.29 is 9.53 Å². The van der Waals surface area contributed by atoms with Gasteiger partial charge in [0, 0.05) is 37.5 Å². The molecule has 6 rings (SSSR count). The van der Waals surface area contributed by atoms with Gasteiger partial charge in [-0.3, -0.25) is 9.69 Å². The van der Waals surface area contributed by atoms with Crippen LogP contribution in [0, 0.1) is 0 Å². The van der Waals surface area contributed by atoms with Crippen molar-refractivity contribution in [1.82, 2.24) is 29.4 Å². The molecule has 3 aromatic heterocycles. The Morgan fingerprint density at radius 1 is 1.07 bits per heavy atom. The van der Waals surface area contributed by atoms with Crippen LogP contribution in [0.25, 0.3) is 22.1 Å². The van der Waals surface area contributed by atoms with E-state index in [0.717, 1.165) is 16.6 Å². The summed E-state index contributed by atoms with van der Waals surface area (Å²) in [4.78, 5) is 34.7. The van der Waals surface area contributed by atoms with E-state index in [0.29, 0.717) is 64.4 Å². The first-order valence-corrected chi connectivity index (χ1v) is 13.2. The normalized spacial score (nSPS) is 14.7. The van der Waals surface area contributed by atoms with Crippen molar-refractivity contribution in [1.29, 1.82) is 0 Å². The molecule has 0 radical (unpaired) electrons. The lowest BCUT2D eigenvalue weighted by molar-refractivity contribution is -0.114. The molecule has 2 aromatic carbocycles. The number of hydrogen-bond donors (Lipinski definition) is 1. The molecule has 1 saturated heterocycles. The Hall–Kier alpha value is -4.54. The highest BCUT2D eigenvalue weighted by molar-refractivity contribution is 6.32. The highest BCUT2D eigenvalue weighted by atomic mass is 35.5. The third kappa shape index (κ3) is 5.06. The second-order valence-electron chi connectivity index (χ2n) is 9.84. The van der Waals surface area contributed by atoms with Crippen molar-refractivity contribution in [2.75, 3.05) is 37.4 Å². The zero-order valence-corrected chi connectivity index (χ0v) is 23.1. The van der Waals surface area contributed by atoms with Crippen molar-refractivity contribution >= 4 is 56.9 Å². The van der Waals surface area contributed by atoms with Crippen LogP contribution in [0.15, 0.2) is 72.8 Å². The summed E-state index contributed by atoms with van der Waals surface area (Å²) in [6.45, 7) is 1.30. The Morgan fingerprint density at radius 2 is 1.95 bits per heavy atom. The molecule has 0 bridgehead atoms. The van der Waals surface area contributed by atoms with E-state index < -0.39 is 0 Å². The third-order valence-electron chi connectivity index (χ3n) is 6.69. The SMILES string of the molecule is CN(C)C/C=C1\CCN(c2ccc3ncnc(Nc4ccc(Oc5ccc6c(c5)ncn6C)c(Cl)c4)c3n2)C1=O. The molecule has 1 aliphatic rings. The molecule has 1 aliphatic heterocycles. The van der Waals surface area contributed by atoms with Gasteiger partial charge in [-0.05, 0) is 63.0 Å². The molecule has 40 heavy (non-hydrogen) atoms. The van der Waals surface area contributed by atoms with Gasteiger partial charge < -0.3 is 19.5 Å². The maximum absolute atomic E-state index is 13.0. The van der Waals surface area contributed by atoms with E-state index in [1.807, 2.05) is 73.1 Å². The zero-order valence-electron chi connectivity index (χ0n) is 22.3. The Morgan fingerprint density at radius 3 is 2.77 bits per heavy atom. The van der Waals surface area contributed by atoms with E-state index in [1.165, 1.54) is 6.33 Å². The Balaban J connectivity index is 1.23. The average Bonchev–Trinajstić information content (AvgIpc) is 3.50. The standard InChI is InChI=1S/C29H27ClN8O2/c1-36(2)12-10-18-11-13-38(29(18)39)26-9-6-22-27(35-26)28(32-16-31-22)34-19-4-8-25(21(30)14-19)40-20-5-7-24-23(15-20)33-17-37(24)3/h4-10,14-17H,11-13H2,1-3H3,(H,31,32,34)/b18-10+. The number of amides is 1. The van der Waals surface area contributed by atoms with Gasteiger partial charge in [-0.1, -0.05) is 17.7 Å². The summed E-state index contributed by atoms with van der Waals surface area (Å²) in [5.41, 5.74) is 4.58. The number of anilines is 3. The monoisotopic (exact) mass is 554 g/mol. The van der Waals surface area contributed by atoms with Crippen molar-refractivity contribution in [3.63, 3.8) is 0 Å². The minimum atomic E-state index is -0.0235. The molecule has 1 fully saturated rings. The van der Waals surface area contributed by atoms with Gasteiger partial charge in [0.25, 0.3) is 5.91 Å². The topological polar surface area (TPSA) is 101 Å². The molecule has 1 amide bonds. The molecule has 10 nitrogen and oxygen atoms in total. The smallest absolute Gasteiger partial charge is 0.255 e. The summed E-state index contributed by atoms with van der Waals surface area (Å²) in [7, 11) is 5.90. The number of carbonyl (C=O) groups excluding carboxylic acids is 1. The summed E-state index contributed by atoms with van der Waals surface area (Å²) >= 11 is 6.59. The molecule has 5 aromatic rings. The number of carbonyl (C=O) groups is 1. The highest BCUT2D eigenvalue weighted by Crippen LogP contribution is 2.34. The molecule has 1 N–H and O–H groups in total. The second-order valence-corrected chi connectivity index (χ2v) is 10.2. The van der Waals surface area contributed by atoms with Crippen molar-refractivity contribution in [3.8, 4) is 11.5 Å². The molecule has 11 heteroatoms. The number of ether oxygens (including phenoxy) is 1. The quantitative estimate of drug-likeness (QED) is 0.270. The summed E-state index contributed by atoms with van der Waals surface area (Å²) in [6, 6.07) is 14.8. The van der Waals surface area contributed by atoms with Gasteiger partial charge in [0.1, 0.15) is 29.2 Å². The van der Waals surface area contributed by atoms with Crippen LogP contribution in [0.5, 0.6) is 11.5 Å². The van der Waals surface area contributed by atoms with Gasteiger partial charge >= 0.3 is 0 Å². The second kappa shape index (κ2) is 10.6. The number of rotatable bonds is 7. The zero-order chi connectivity index (χ0) is 27.8. The predicted molar refractivity (Wildman–Crippen MR) is 156 cm³/mol. The first-order chi connectivity index (χ1) is 19.4. The van der Waals surface area contributed by atoms with E-state index >= 15 is 0 Å². The molecule has 202 valence electrons. The summed E-state index contributed by atoms with van der Waals surface area (Å²) in [5, 5.41) is 3.72. The minimum absolute atomic E-state index is 0.0235. The molecule has 0 spiro atoms. The van der Waals surface area contributed by atoms with Gasteiger partial charge in [0.2, 0.25) is 0 Å². The van der Waals surface area contributed by atoms with E-state index in [4.69, 9.17) is 21.3 Å². The highest BCUT2D eigenvalue weighted by Gasteiger charge is 2.28. The van der Waals surface area contributed by atoms with Gasteiger partial charge in [-0.2, -0.15) is 0 Å². The molecular weight excluding hydrogens is 528 g/mol. The summed E-state index contributed by atoms with van der Waals surface area (Å²) < 4.78 is 7.98. The van der Waals surface area contributed by atoms with Gasteiger partial charge in [0.15, 0.2) is 5.82 Å². The number of fused-ring (bicyclic) bond motifs is 2.